The maximum atomic E-state index is 13.8. The van der Waals surface area contributed by atoms with Gasteiger partial charge in [-0.05, 0) is 30.9 Å². The summed E-state index contributed by atoms with van der Waals surface area (Å²) in [7, 11) is -4.04. The Kier molecular flexibility index (Phi) is 4.00. The average Bonchev–Trinajstić information content (AvgIpc) is 3.10. The first-order valence-corrected chi connectivity index (χ1v) is 9.09. The first-order valence-electron chi connectivity index (χ1n) is 6.35. The van der Waals surface area contributed by atoms with E-state index in [0.717, 1.165) is 18.9 Å². The lowest BCUT2D eigenvalue weighted by molar-refractivity contribution is 0.518. The highest BCUT2D eigenvalue weighted by atomic mass is 35.5. The number of sulfonamides is 1. The quantitative estimate of drug-likeness (QED) is 0.903. The lowest BCUT2D eigenvalue weighted by atomic mass is 10.2. The minimum atomic E-state index is -4.04. The van der Waals surface area contributed by atoms with E-state index in [0.29, 0.717) is 5.01 Å². The normalized spacial score (nSPS) is 16.9. The van der Waals surface area contributed by atoms with Gasteiger partial charge in [-0.1, -0.05) is 17.7 Å². The van der Waals surface area contributed by atoms with Crippen molar-refractivity contribution in [2.75, 3.05) is 0 Å². The average molecular weight is 347 g/mol. The molecule has 2 aromatic rings. The van der Waals surface area contributed by atoms with Gasteiger partial charge in [0.15, 0.2) is 0 Å². The Labute approximate surface area is 131 Å². The van der Waals surface area contributed by atoms with E-state index in [-0.39, 0.29) is 10.9 Å². The fraction of sp³-hybridized carbons (Fsp3) is 0.308. The number of rotatable bonds is 5. The number of hydrogen-bond acceptors (Lipinski definition) is 4. The van der Waals surface area contributed by atoms with Gasteiger partial charge in [-0.15, -0.1) is 11.3 Å². The Morgan fingerprint density at radius 3 is 2.76 bits per heavy atom. The fourth-order valence-corrected chi connectivity index (χ4v) is 4.86. The molecule has 0 amide bonds. The molecule has 0 saturated heterocycles. The predicted molar refractivity (Wildman–Crippen MR) is 79.3 cm³/mol. The molecule has 0 radical (unpaired) electrons. The molecular weight excluding hydrogens is 335 g/mol. The molecule has 0 aliphatic heterocycles. The second-order valence-corrected chi connectivity index (χ2v) is 7.84. The van der Waals surface area contributed by atoms with E-state index >= 15 is 0 Å². The van der Waals surface area contributed by atoms with Gasteiger partial charge in [-0.3, -0.25) is 0 Å². The number of hydrogen-bond donors (Lipinski definition) is 1. The molecule has 8 heteroatoms. The number of nitrogens with zero attached hydrogens (tertiary/aromatic N) is 1. The molecule has 1 aromatic carbocycles. The Balaban J connectivity index is 1.95. The van der Waals surface area contributed by atoms with Crippen LogP contribution < -0.4 is 4.72 Å². The molecule has 0 bridgehead atoms. The van der Waals surface area contributed by atoms with Crippen LogP contribution in [0, 0.1) is 11.7 Å². The van der Waals surface area contributed by atoms with Gasteiger partial charge in [0.05, 0.1) is 11.1 Å². The lowest BCUT2D eigenvalue weighted by Crippen LogP contribution is -2.30. The van der Waals surface area contributed by atoms with Gasteiger partial charge in [0.1, 0.15) is 15.7 Å². The monoisotopic (exact) mass is 346 g/mol. The second kappa shape index (κ2) is 5.64. The molecule has 1 heterocycles. The number of halogens is 2. The Hall–Kier alpha value is -1.02. The smallest absolute Gasteiger partial charge is 0.245 e. The summed E-state index contributed by atoms with van der Waals surface area (Å²) in [5, 5.41) is 2.35. The van der Waals surface area contributed by atoms with E-state index in [4.69, 9.17) is 11.6 Å². The van der Waals surface area contributed by atoms with Crippen molar-refractivity contribution in [3.05, 3.63) is 45.6 Å². The van der Waals surface area contributed by atoms with Crippen LogP contribution >= 0.6 is 22.9 Å². The van der Waals surface area contributed by atoms with Gasteiger partial charge in [0, 0.05) is 11.6 Å². The van der Waals surface area contributed by atoms with E-state index in [1.807, 2.05) is 0 Å². The molecule has 21 heavy (non-hydrogen) atoms. The van der Waals surface area contributed by atoms with Gasteiger partial charge < -0.3 is 0 Å². The summed E-state index contributed by atoms with van der Waals surface area (Å²) >= 11 is 7.22. The molecule has 1 aliphatic rings. The summed E-state index contributed by atoms with van der Waals surface area (Å²) in [5.41, 5.74) is 0. The molecule has 1 atom stereocenters. The number of aromatic nitrogens is 1. The van der Waals surface area contributed by atoms with Crippen molar-refractivity contribution in [2.45, 2.75) is 23.8 Å². The third kappa shape index (κ3) is 3.11. The largest absolute Gasteiger partial charge is 0.248 e. The minimum absolute atomic E-state index is 0.129. The first-order chi connectivity index (χ1) is 9.99. The minimum Gasteiger partial charge on any atom is -0.248 e. The van der Waals surface area contributed by atoms with Gasteiger partial charge in [-0.2, -0.15) is 0 Å². The number of thiazole rings is 1. The van der Waals surface area contributed by atoms with Crippen LogP contribution in [-0.4, -0.2) is 13.4 Å². The highest BCUT2D eigenvalue weighted by Gasteiger charge is 2.38. The van der Waals surface area contributed by atoms with Crippen LogP contribution in [0.5, 0.6) is 0 Å². The van der Waals surface area contributed by atoms with Crippen molar-refractivity contribution < 1.29 is 12.8 Å². The summed E-state index contributed by atoms with van der Waals surface area (Å²) in [4.78, 5) is 3.66. The topological polar surface area (TPSA) is 59.1 Å². The highest BCUT2D eigenvalue weighted by molar-refractivity contribution is 7.89. The standard InChI is InChI=1S/C13H12ClFN2O2S2/c14-9-2-1-3-10(15)12(9)21(18,19)17-11(8-4-5-8)13-16-6-7-20-13/h1-3,6-8,11,17H,4-5H2/t11-/m1/s1. The zero-order valence-electron chi connectivity index (χ0n) is 10.8. The summed E-state index contributed by atoms with van der Waals surface area (Å²) in [6.45, 7) is 0. The second-order valence-electron chi connectivity index (χ2n) is 4.86. The Morgan fingerprint density at radius 1 is 1.43 bits per heavy atom. The van der Waals surface area contributed by atoms with E-state index in [1.54, 1.807) is 11.6 Å². The Bertz CT molecular complexity index is 725. The van der Waals surface area contributed by atoms with Crippen molar-refractivity contribution in [1.29, 1.82) is 0 Å². The molecule has 112 valence electrons. The fourth-order valence-electron chi connectivity index (χ4n) is 2.13. The van der Waals surface area contributed by atoms with Crippen LogP contribution in [0.2, 0.25) is 5.02 Å². The summed E-state index contributed by atoms with van der Waals surface area (Å²) in [5.74, 6) is -0.653. The van der Waals surface area contributed by atoms with Crippen LogP contribution in [0.3, 0.4) is 0 Å². The first kappa shape index (κ1) is 14.9. The van der Waals surface area contributed by atoms with E-state index in [1.165, 1.54) is 23.5 Å². The SMILES string of the molecule is O=S(=O)(N[C@@H](c1nccs1)C1CC1)c1c(F)cccc1Cl. The zero-order chi connectivity index (χ0) is 15.0. The van der Waals surface area contributed by atoms with Crippen molar-refractivity contribution in [1.82, 2.24) is 9.71 Å². The third-order valence-electron chi connectivity index (χ3n) is 3.28. The Morgan fingerprint density at radius 2 is 2.19 bits per heavy atom. The molecular formula is C13H12ClFN2O2S2. The van der Waals surface area contributed by atoms with E-state index in [9.17, 15) is 12.8 Å². The molecule has 1 aromatic heterocycles. The maximum absolute atomic E-state index is 13.8. The maximum Gasteiger partial charge on any atom is 0.245 e. The molecule has 1 fully saturated rings. The van der Waals surface area contributed by atoms with Gasteiger partial charge in [-0.25, -0.2) is 22.5 Å². The van der Waals surface area contributed by atoms with Crippen LogP contribution in [-0.2, 0) is 10.0 Å². The summed E-state index contributed by atoms with van der Waals surface area (Å²) in [6, 6.07) is 3.38. The van der Waals surface area contributed by atoms with Crippen LogP contribution in [0.15, 0.2) is 34.7 Å². The number of nitrogens with one attached hydrogen (secondary N) is 1. The summed E-state index contributed by atoms with van der Waals surface area (Å²) < 4.78 is 41.3. The predicted octanol–water partition coefficient (Wildman–Crippen LogP) is 3.37. The molecule has 1 saturated carbocycles. The molecule has 3 rings (SSSR count). The molecule has 0 spiro atoms. The van der Waals surface area contributed by atoms with Crippen LogP contribution in [0.1, 0.15) is 23.9 Å². The van der Waals surface area contributed by atoms with E-state index in [2.05, 4.69) is 9.71 Å². The van der Waals surface area contributed by atoms with Gasteiger partial charge in [0.2, 0.25) is 10.0 Å². The van der Waals surface area contributed by atoms with Crippen LogP contribution in [0.25, 0.3) is 0 Å². The highest BCUT2D eigenvalue weighted by Crippen LogP contribution is 2.42. The molecule has 1 N–H and O–H groups in total. The van der Waals surface area contributed by atoms with Crippen molar-refractivity contribution in [3.63, 3.8) is 0 Å². The number of benzene rings is 1. The lowest BCUT2D eigenvalue weighted by Gasteiger charge is -2.17. The molecule has 1 aliphatic carbocycles. The van der Waals surface area contributed by atoms with Crippen molar-refractivity contribution >= 4 is 33.0 Å². The van der Waals surface area contributed by atoms with Crippen LogP contribution in [0.4, 0.5) is 4.39 Å². The third-order valence-corrected chi connectivity index (χ3v) is 6.08. The van der Waals surface area contributed by atoms with Gasteiger partial charge in [0.25, 0.3) is 0 Å². The summed E-state index contributed by atoms with van der Waals surface area (Å²) in [6.07, 6.45) is 3.48. The molecule has 0 unspecified atom stereocenters. The zero-order valence-corrected chi connectivity index (χ0v) is 13.2. The van der Waals surface area contributed by atoms with Gasteiger partial charge >= 0.3 is 0 Å². The molecule has 4 nitrogen and oxygen atoms in total. The van der Waals surface area contributed by atoms with Crippen molar-refractivity contribution in [2.24, 2.45) is 5.92 Å². The van der Waals surface area contributed by atoms with Crippen molar-refractivity contribution in [3.8, 4) is 0 Å². The van der Waals surface area contributed by atoms with E-state index < -0.39 is 26.8 Å².